The van der Waals surface area contributed by atoms with Crippen molar-refractivity contribution in [2.24, 2.45) is 5.92 Å². The van der Waals surface area contributed by atoms with E-state index >= 15 is 0 Å². The van der Waals surface area contributed by atoms with Gasteiger partial charge in [-0.2, -0.15) is 0 Å². The summed E-state index contributed by atoms with van der Waals surface area (Å²) in [4.78, 5) is 0. The van der Waals surface area contributed by atoms with Crippen molar-refractivity contribution < 1.29 is 4.74 Å². The fourth-order valence-electron chi connectivity index (χ4n) is 2.15. The van der Waals surface area contributed by atoms with Gasteiger partial charge in [-0.3, -0.25) is 0 Å². The molecule has 0 heterocycles. The molecule has 0 radical (unpaired) electrons. The fraction of sp³-hybridized carbons (Fsp3) is 0.333. The molecule has 2 nitrogen and oxygen atoms in total. The summed E-state index contributed by atoms with van der Waals surface area (Å²) < 4.78 is 5.95. The minimum atomic E-state index is 0.708. The van der Waals surface area contributed by atoms with Gasteiger partial charge in [0.25, 0.3) is 0 Å². The van der Waals surface area contributed by atoms with Crippen molar-refractivity contribution >= 4 is 5.69 Å². The number of para-hydroxylation sites is 3. The maximum Gasteiger partial charge on any atom is 0.150 e. The second kappa shape index (κ2) is 7.59. The molecule has 0 bridgehead atoms. The molecule has 0 aliphatic rings. The summed E-state index contributed by atoms with van der Waals surface area (Å²) >= 11 is 0. The number of hydrogen-bond donors (Lipinski definition) is 1. The third-order valence-corrected chi connectivity index (χ3v) is 3.59. The minimum absolute atomic E-state index is 0.708. The zero-order valence-electron chi connectivity index (χ0n) is 12.3. The largest absolute Gasteiger partial charge is 0.455 e. The van der Waals surface area contributed by atoms with Crippen LogP contribution in [0.5, 0.6) is 11.5 Å². The van der Waals surface area contributed by atoms with E-state index < -0.39 is 0 Å². The van der Waals surface area contributed by atoms with Gasteiger partial charge in [0, 0.05) is 6.54 Å². The standard InChI is InChI=1S/C18H23NO/c1-3-15(4-2)14-19-17-12-8-9-13-18(17)20-16-10-6-5-7-11-16/h5-13,15,19H,3-4,14H2,1-2H3. The lowest BCUT2D eigenvalue weighted by Crippen LogP contribution is -2.13. The lowest BCUT2D eigenvalue weighted by molar-refractivity contribution is 0.481. The molecule has 0 aliphatic carbocycles. The Morgan fingerprint density at radius 2 is 1.55 bits per heavy atom. The first-order chi connectivity index (χ1) is 9.83. The molecule has 0 atom stereocenters. The Kier molecular flexibility index (Phi) is 5.48. The SMILES string of the molecule is CCC(CC)CNc1ccccc1Oc1ccccc1. The molecular formula is C18H23NO. The average molecular weight is 269 g/mol. The third-order valence-electron chi connectivity index (χ3n) is 3.59. The molecule has 2 aromatic carbocycles. The Labute approximate surface area is 121 Å². The van der Waals surface area contributed by atoms with Crippen LogP contribution >= 0.6 is 0 Å². The van der Waals surface area contributed by atoms with Crippen molar-refractivity contribution in [1.82, 2.24) is 0 Å². The number of benzene rings is 2. The molecule has 1 N–H and O–H groups in total. The summed E-state index contributed by atoms with van der Waals surface area (Å²) in [7, 11) is 0. The Morgan fingerprint density at radius 3 is 2.25 bits per heavy atom. The van der Waals surface area contributed by atoms with E-state index in [1.54, 1.807) is 0 Å². The van der Waals surface area contributed by atoms with E-state index in [1.165, 1.54) is 12.8 Å². The normalized spacial score (nSPS) is 10.6. The van der Waals surface area contributed by atoms with E-state index in [0.29, 0.717) is 5.92 Å². The molecule has 0 saturated heterocycles. The Balaban J connectivity index is 2.06. The molecule has 106 valence electrons. The van der Waals surface area contributed by atoms with E-state index in [-0.39, 0.29) is 0 Å². The molecule has 0 unspecified atom stereocenters. The van der Waals surface area contributed by atoms with Crippen LogP contribution in [-0.4, -0.2) is 6.54 Å². The van der Waals surface area contributed by atoms with Crippen molar-refractivity contribution in [3.63, 3.8) is 0 Å². The predicted molar refractivity (Wildman–Crippen MR) is 85.5 cm³/mol. The molecule has 20 heavy (non-hydrogen) atoms. The summed E-state index contributed by atoms with van der Waals surface area (Å²) in [5.74, 6) is 2.45. The average Bonchev–Trinajstić information content (AvgIpc) is 2.51. The van der Waals surface area contributed by atoms with E-state index in [1.807, 2.05) is 48.5 Å². The van der Waals surface area contributed by atoms with Gasteiger partial charge < -0.3 is 10.1 Å². The molecule has 0 saturated carbocycles. The molecule has 0 aliphatic heterocycles. The molecule has 2 aromatic rings. The molecule has 0 spiro atoms. The summed E-state index contributed by atoms with van der Waals surface area (Å²) in [6, 6.07) is 18.0. The van der Waals surface area contributed by atoms with Crippen LogP contribution in [0.1, 0.15) is 26.7 Å². The van der Waals surface area contributed by atoms with Gasteiger partial charge in [-0.15, -0.1) is 0 Å². The number of nitrogens with one attached hydrogen (secondary N) is 1. The maximum atomic E-state index is 5.95. The second-order valence-corrected chi connectivity index (χ2v) is 4.97. The van der Waals surface area contributed by atoms with Crippen molar-refractivity contribution in [2.45, 2.75) is 26.7 Å². The van der Waals surface area contributed by atoms with Crippen molar-refractivity contribution in [3.8, 4) is 11.5 Å². The lowest BCUT2D eigenvalue weighted by atomic mass is 10.0. The van der Waals surface area contributed by atoms with Gasteiger partial charge in [-0.1, -0.05) is 57.0 Å². The van der Waals surface area contributed by atoms with Crippen LogP contribution in [0.2, 0.25) is 0 Å². The Morgan fingerprint density at radius 1 is 0.900 bits per heavy atom. The van der Waals surface area contributed by atoms with Gasteiger partial charge in [-0.25, -0.2) is 0 Å². The molecule has 2 heteroatoms. The van der Waals surface area contributed by atoms with Crippen LogP contribution in [0.15, 0.2) is 54.6 Å². The minimum Gasteiger partial charge on any atom is -0.455 e. The smallest absolute Gasteiger partial charge is 0.150 e. The van der Waals surface area contributed by atoms with Gasteiger partial charge in [-0.05, 0) is 30.2 Å². The fourth-order valence-corrected chi connectivity index (χ4v) is 2.15. The summed E-state index contributed by atoms with van der Waals surface area (Å²) in [6.45, 7) is 5.46. The Bertz CT molecular complexity index is 506. The summed E-state index contributed by atoms with van der Waals surface area (Å²) in [6.07, 6.45) is 2.40. The van der Waals surface area contributed by atoms with Crippen LogP contribution in [0.25, 0.3) is 0 Å². The van der Waals surface area contributed by atoms with Gasteiger partial charge in [0.05, 0.1) is 5.69 Å². The third kappa shape index (κ3) is 4.02. The lowest BCUT2D eigenvalue weighted by Gasteiger charge is -2.17. The van der Waals surface area contributed by atoms with Crippen LogP contribution in [0.3, 0.4) is 0 Å². The predicted octanol–water partition coefficient (Wildman–Crippen LogP) is 5.33. The highest BCUT2D eigenvalue weighted by molar-refractivity contribution is 5.57. The van der Waals surface area contributed by atoms with E-state index in [0.717, 1.165) is 23.7 Å². The second-order valence-electron chi connectivity index (χ2n) is 4.97. The topological polar surface area (TPSA) is 21.3 Å². The maximum absolute atomic E-state index is 5.95. The summed E-state index contributed by atoms with van der Waals surface area (Å²) in [5, 5.41) is 3.51. The number of rotatable bonds is 7. The highest BCUT2D eigenvalue weighted by atomic mass is 16.5. The van der Waals surface area contributed by atoms with Gasteiger partial charge in [0.1, 0.15) is 5.75 Å². The van der Waals surface area contributed by atoms with Crippen molar-refractivity contribution in [2.75, 3.05) is 11.9 Å². The van der Waals surface area contributed by atoms with Crippen LogP contribution in [0.4, 0.5) is 5.69 Å². The van der Waals surface area contributed by atoms with Crippen molar-refractivity contribution in [3.05, 3.63) is 54.6 Å². The summed E-state index contributed by atoms with van der Waals surface area (Å²) in [5.41, 5.74) is 1.06. The van der Waals surface area contributed by atoms with E-state index in [4.69, 9.17) is 4.74 Å². The first-order valence-corrected chi connectivity index (χ1v) is 7.39. The van der Waals surface area contributed by atoms with Gasteiger partial charge >= 0.3 is 0 Å². The zero-order chi connectivity index (χ0) is 14.2. The molecule has 0 aromatic heterocycles. The zero-order valence-corrected chi connectivity index (χ0v) is 12.3. The van der Waals surface area contributed by atoms with E-state index in [9.17, 15) is 0 Å². The molecule has 0 fully saturated rings. The highest BCUT2D eigenvalue weighted by Crippen LogP contribution is 2.29. The van der Waals surface area contributed by atoms with E-state index in [2.05, 4.69) is 25.2 Å². The molecule has 0 amide bonds. The van der Waals surface area contributed by atoms with Crippen LogP contribution in [-0.2, 0) is 0 Å². The molecular weight excluding hydrogens is 246 g/mol. The quantitative estimate of drug-likeness (QED) is 0.733. The number of hydrogen-bond acceptors (Lipinski definition) is 2. The van der Waals surface area contributed by atoms with Crippen LogP contribution in [0, 0.1) is 5.92 Å². The Hall–Kier alpha value is -1.96. The highest BCUT2D eigenvalue weighted by Gasteiger charge is 2.07. The molecule has 2 rings (SSSR count). The van der Waals surface area contributed by atoms with Crippen LogP contribution < -0.4 is 10.1 Å². The number of anilines is 1. The first kappa shape index (κ1) is 14.4. The monoisotopic (exact) mass is 269 g/mol. The van der Waals surface area contributed by atoms with Gasteiger partial charge in [0.2, 0.25) is 0 Å². The van der Waals surface area contributed by atoms with Gasteiger partial charge in [0.15, 0.2) is 5.75 Å². The number of ether oxygens (including phenoxy) is 1. The van der Waals surface area contributed by atoms with Crippen molar-refractivity contribution in [1.29, 1.82) is 0 Å². The first-order valence-electron chi connectivity index (χ1n) is 7.39.